The number of H-pyrrole nitrogens is 1. The van der Waals surface area contributed by atoms with E-state index in [1.54, 1.807) is 30.5 Å². The van der Waals surface area contributed by atoms with Gasteiger partial charge in [0.1, 0.15) is 5.82 Å². The molecule has 4 heteroatoms. The van der Waals surface area contributed by atoms with Crippen molar-refractivity contribution in [2.45, 2.75) is 0 Å². The van der Waals surface area contributed by atoms with Crippen LogP contribution in [-0.4, -0.2) is 40.8 Å². The molecule has 0 bridgehead atoms. The molecule has 1 heterocycles. The van der Waals surface area contributed by atoms with Crippen LogP contribution in [-0.2, 0) is 0 Å². The predicted molar refractivity (Wildman–Crippen MR) is 58.7 cm³/mol. The maximum atomic E-state index is 13.3. The fourth-order valence-electron chi connectivity index (χ4n) is 1.31. The van der Waals surface area contributed by atoms with E-state index in [1.807, 2.05) is 0 Å². The van der Waals surface area contributed by atoms with Crippen molar-refractivity contribution in [2.24, 2.45) is 0 Å². The molecule has 0 amide bonds. The summed E-state index contributed by atoms with van der Waals surface area (Å²) in [4.78, 5) is 13.3. The average molecular weight is 213 g/mol. The predicted octanol–water partition coefficient (Wildman–Crippen LogP) is 1.98. The van der Waals surface area contributed by atoms with Gasteiger partial charge in [-0.1, -0.05) is 12.1 Å². The van der Waals surface area contributed by atoms with Gasteiger partial charge in [0, 0.05) is 23.0 Å². The first-order valence-corrected chi connectivity index (χ1v) is 4.20. The van der Waals surface area contributed by atoms with Crippen molar-refractivity contribution >= 4 is 35.8 Å². The summed E-state index contributed by atoms with van der Waals surface area (Å²) in [5.74, 6) is -0.299. The molecule has 2 aromatic rings. The fourth-order valence-corrected chi connectivity index (χ4v) is 1.31. The van der Waals surface area contributed by atoms with Crippen molar-refractivity contribution in [1.29, 1.82) is 0 Å². The first-order chi connectivity index (χ1) is 6.81. The Kier molecular flexibility index (Phi) is 4.27. The molecule has 0 saturated heterocycles. The second-order valence-electron chi connectivity index (χ2n) is 2.94. The van der Waals surface area contributed by atoms with Crippen LogP contribution >= 0.6 is 0 Å². The molecule has 15 heavy (non-hydrogen) atoms. The van der Waals surface area contributed by atoms with Gasteiger partial charge in [-0.3, -0.25) is 4.79 Å². The summed E-state index contributed by atoms with van der Waals surface area (Å²) < 4.78 is 13.3. The monoisotopic (exact) mass is 213 g/mol. The quantitative estimate of drug-likeness (QED) is 0.600. The maximum absolute atomic E-state index is 13.3. The summed E-state index contributed by atoms with van der Waals surface area (Å²) in [6.07, 6.45) is 2.27. The van der Waals surface area contributed by atoms with E-state index < -0.39 is 0 Å². The van der Waals surface area contributed by atoms with Gasteiger partial charge >= 0.3 is 29.6 Å². The molecule has 0 unspecified atom stereocenters. The topological polar surface area (TPSA) is 32.9 Å². The number of aromatic nitrogens is 1. The van der Waals surface area contributed by atoms with Gasteiger partial charge in [-0.05, 0) is 18.2 Å². The zero-order valence-corrected chi connectivity index (χ0v) is 7.33. The number of rotatable bonds is 2. The zero-order chi connectivity index (χ0) is 9.97. The number of hydrogen-bond donors (Lipinski definition) is 1. The van der Waals surface area contributed by atoms with Crippen LogP contribution in [0.4, 0.5) is 4.39 Å². The van der Waals surface area contributed by atoms with Crippen molar-refractivity contribution in [2.75, 3.05) is 0 Å². The molecule has 0 spiro atoms. The Balaban J connectivity index is 0.00000112. The van der Waals surface area contributed by atoms with Gasteiger partial charge < -0.3 is 4.98 Å². The number of aromatic amines is 1. The standard InChI is InChI=1S/C11H8FNO.Na.H/c12-10-4-2-1-3-9(10)11-5-8(7-14)6-13-11;;/h1-7,13H;;. The van der Waals surface area contributed by atoms with Crippen LogP contribution < -0.4 is 0 Å². The Bertz CT molecular complexity index is 467. The molecule has 72 valence electrons. The normalized spacial score (nSPS) is 9.40. The first kappa shape index (κ1) is 12.2. The molecule has 0 atom stereocenters. The molecule has 2 nitrogen and oxygen atoms in total. The Morgan fingerprint density at radius 3 is 2.60 bits per heavy atom. The Morgan fingerprint density at radius 2 is 2.00 bits per heavy atom. The molecular formula is C11H9FNNaO. The van der Waals surface area contributed by atoms with Crippen molar-refractivity contribution < 1.29 is 9.18 Å². The van der Waals surface area contributed by atoms with Crippen LogP contribution in [0.15, 0.2) is 36.5 Å². The number of nitrogens with one attached hydrogen (secondary N) is 1. The molecule has 0 aliphatic carbocycles. The second kappa shape index (κ2) is 5.26. The zero-order valence-electron chi connectivity index (χ0n) is 7.33. The van der Waals surface area contributed by atoms with Gasteiger partial charge in [0.05, 0.1) is 0 Å². The van der Waals surface area contributed by atoms with E-state index in [4.69, 9.17) is 0 Å². The van der Waals surface area contributed by atoms with Crippen LogP contribution in [0.3, 0.4) is 0 Å². The summed E-state index contributed by atoms with van der Waals surface area (Å²) in [6.45, 7) is 0. The molecule has 0 aliphatic rings. The molecule has 1 aromatic heterocycles. The van der Waals surface area contributed by atoms with E-state index in [1.165, 1.54) is 6.07 Å². The average Bonchev–Trinajstić information content (AvgIpc) is 2.67. The SMILES string of the molecule is O=Cc1c[nH]c(-c2ccccc2F)c1.[NaH]. The van der Waals surface area contributed by atoms with E-state index in [0.717, 1.165) is 6.29 Å². The third-order valence-electron chi connectivity index (χ3n) is 2.01. The van der Waals surface area contributed by atoms with E-state index in [-0.39, 0.29) is 35.4 Å². The summed E-state index contributed by atoms with van der Waals surface area (Å²) >= 11 is 0. The van der Waals surface area contributed by atoms with E-state index in [0.29, 0.717) is 16.8 Å². The van der Waals surface area contributed by atoms with Gasteiger partial charge in [-0.2, -0.15) is 0 Å². The van der Waals surface area contributed by atoms with Crippen molar-refractivity contribution in [3.8, 4) is 11.3 Å². The minimum absolute atomic E-state index is 0. The van der Waals surface area contributed by atoms with Crippen molar-refractivity contribution in [3.63, 3.8) is 0 Å². The van der Waals surface area contributed by atoms with Crippen LogP contribution in [0, 0.1) is 5.82 Å². The molecule has 1 N–H and O–H groups in total. The fraction of sp³-hybridized carbons (Fsp3) is 0. The van der Waals surface area contributed by atoms with E-state index in [2.05, 4.69) is 4.98 Å². The van der Waals surface area contributed by atoms with Gasteiger partial charge in [0.25, 0.3) is 0 Å². The van der Waals surface area contributed by atoms with Crippen LogP contribution in [0.25, 0.3) is 11.3 Å². The number of benzene rings is 1. The second-order valence-corrected chi connectivity index (χ2v) is 2.94. The molecule has 0 aliphatic heterocycles. The Morgan fingerprint density at radius 1 is 1.27 bits per heavy atom. The van der Waals surface area contributed by atoms with E-state index in [9.17, 15) is 9.18 Å². The number of aldehydes is 1. The molecule has 2 rings (SSSR count). The van der Waals surface area contributed by atoms with Gasteiger partial charge in [0.15, 0.2) is 6.29 Å². The third kappa shape index (κ3) is 2.56. The van der Waals surface area contributed by atoms with Crippen LogP contribution in [0.5, 0.6) is 0 Å². The van der Waals surface area contributed by atoms with Gasteiger partial charge in [-0.15, -0.1) is 0 Å². The first-order valence-electron chi connectivity index (χ1n) is 4.20. The summed E-state index contributed by atoms with van der Waals surface area (Å²) in [5, 5.41) is 0. The molecule has 0 saturated carbocycles. The third-order valence-corrected chi connectivity index (χ3v) is 2.01. The molecule has 1 aromatic carbocycles. The number of carbonyl (C=O) groups excluding carboxylic acids is 1. The number of halogens is 1. The van der Waals surface area contributed by atoms with Gasteiger partial charge in [0.2, 0.25) is 0 Å². The molecule has 0 fully saturated rings. The number of carbonyl (C=O) groups is 1. The minimum atomic E-state index is -0.299. The van der Waals surface area contributed by atoms with Crippen LogP contribution in [0.1, 0.15) is 10.4 Å². The molecule has 0 radical (unpaired) electrons. The Hall–Kier alpha value is -0.900. The summed E-state index contributed by atoms with van der Waals surface area (Å²) in [6, 6.07) is 8.04. The summed E-state index contributed by atoms with van der Waals surface area (Å²) in [5.41, 5.74) is 1.61. The Labute approximate surface area is 109 Å². The summed E-state index contributed by atoms with van der Waals surface area (Å²) in [7, 11) is 0. The molecular weight excluding hydrogens is 204 g/mol. The van der Waals surface area contributed by atoms with Crippen LogP contribution in [0.2, 0.25) is 0 Å². The van der Waals surface area contributed by atoms with E-state index >= 15 is 0 Å². The van der Waals surface area contributed by atoms with Crippen molar-refractivity contribution in [1.82, 2.24) is 4.98 Å². The van der Waals surface area contributed by atoms with Crippen molar-refractivity contribution in [3.05, 3.63) is 47.9 Å². The number of hydrogen-bond acceptors (Lipinski definition) is 1. The van der Waals surface area contributed by atoms with Gasteiger partial charge in [-0.25, -0.2) is 4.39 Å².